The minimum absolute atomic E-state index is 0.251. The van der Waals surface area contributed by atoms with Crippen LogP contribution in [0.25, 0.3) is 0 Å². The molecule has 2 N–H and O–H groups in total. The second-order valence-corrected chi connectivity index (χ2v) is 6.48. The number of rotatable bonds is 8. The van der Waals surface area contributed by atoms with E-state index in [2.05, 4.69) is 19.3 Å². The van der Waals surface area contributed by atoms with Gasteiger partial charge in [0.25, 0.3) is 0 Å². The van der Waals surface area contributed by atoms with E-state index in [1.165, 1.54) is 18.1 Å². The maximum absolute atomic E-state index is 10.8. The summed E-state index contributed by atoms with van der Waals surface area (Å²) in [7, 11) is 4.30. The van der Waals surface area contributed by atoms with Crippen LogP contribution < -0.4 is 4.72 Å². The Labute approximate surface area is 122 Å². The summed E-state index contributed by atoms with van der Waals surface area (Å²) in [6, 6.07) is 0. The van der Waals surface area contributed by atoms with Gasteiger partial charge in [0.2, 0.25) is 0 Å². The first-order valence-corrected chi connectivity index (χ1v) is 8.76. The molecule has 0 spiro atoms. The number of nitrogens with zero attached hydrogens (tertiary/aromatic N) is 2. The van der Waals surface area contributed by atoms with Gasteiger partial charge in [-0.2, -0.15) is 0 Å². The molecule has 0 saturated carbocycles. The van der Waals surface area contributed by atoms with E-state index < -0.39 is 6.09 Å². The molecule has 0 bridgehead atoms. The molecule has 0 radical (unpaired) electrons. The van der Waals surface area contributed by atoms with E-state index in [0.717, 1.165) is 51.4 Å². The van der Waals surface area contributed by atoms with Crippen molar-refractivity contribution in [3.05, 3.63) is 0 Å². The fourth-order valence-corrected chi connectivity index (χ4v) is 3.40. The number of β-amino-alcohol motifs (C(OH)–C–C–N with tert-alkyl or cyclic N) is 1. The van der Waals surface area contributed by atoms with Crippen molar-refractivity contribution < 1.29 is 14.6 Å². The number of aliphatic hydroxyl groups is 1. The normalized spacial score (nSPS) is 17.4. The lowest BCUT2D eigenvalue weighted by Gasteiger charge is -2.34. The van der Waals surface area contributed by atoms with Crippen molar-refractivity contribution in [1.82, 2.24) is 14.5 Å². The molecule has 6 nitrogen and oxygen atoms in total. The summed E-state index contributed by atoms with van der Waals surface area (Å²) >= 11 is 0. The Kier molecular flexibility index (Phi) is 9.44. The zero-order valence-electron chi connectivity index (χ0n) is 11.3. The zero-order valence-corrected chi connectivity index (χ0v) is 13.0. The van der Waals surface area contributed by atoms with Crippen LogP contribution in [0, 0.1) is 0 Å². The van der Waals surface area contributed by atoms with E-state index in [-0.39, 0.29) is 6.61 Å². The molecule has 1 fully saturated rings. The smallest absolute Gasteiger partial charge is 0.417 e. The van der Waals surface area contributed by atoms with Crippen molar-refractivity contribution in [1.29, 1.82) is 0 Å². The average molecular weight is 309 g/mol. The highest BCUT2D eigenvalue weighted by atomic mass is 33.1. The fourth-order valence-electron chi connectivity index (χ4n) is 1.87. The molecular formula is C11H23N3O3S2. The zero-order chi connectivity index (χ0) is 13.9. The molecule has 1 saturated heterocycles. The summed E-state index contributed by atoms with van der Waals surface area (Å²) < 4.78 is 7.03. The van der Waals surface area contributed by atoms with Crippen molar-refractivity contribution in [2.24, 2.45) is 0 Å². The van der Waals surface area contributed by atoms with Crippen LogP contribution in [0.4, 0.5) is 4.79 Å². The van der Waals surface area contributed by atoms with Crippen LogP contribution in [0.3, 0.4) is 0 Å². The lowest BCUT2D eigenvalue weighted by Crippen LogP contribution is -2.47. The fraction of sp³-hybridized carbons (Fsp3) is 0.909. The van der Waals surface area contributed by atoms with Crippen LogP contribution in [0.1, 0.15) is 6.42 Å². The van der Waals surface area contributed by atoms with Crippen molar-refractivity contribution in [3.8, 4) is 0 Å². The summed E-state index contributed by atoms with van der Waals surface area (Å²) in [5.41, 5.74) is 0. The Balaban J connectivity index is 1.92. The summed E-state index contributed by atoms with van der Waals surface area (Å²) in [6.45, 7) is 6.40. The third-order valence-electron chi connectivity index (χ3n) is 2.95. The predicted octanol–water partition coefficient (Wildman–Crippen LogP) is 0.639. The number of carbonyl (C=O) groups is 1. The molecule has 0 atom stereocenters. The first kappa shape index (κ1) is 16.9. The quantitative estimate of drug-likeness (QED) is 0.387. The molecular weight excluding hydrogens is 286 g/mol. The van der Waals surface area contributed by atoms with Gasteiger partial charge in [0.05, 0.1) is 13.7 Å². The molecule has 0 aromatic heterocycles. The van der Waals surface area contributed by atoms with Gasteiger partial charge >= 0.3 is 6.09 Å². The van der Waals surface area contributed by atoms with E-state index in [4.69, 9.17) is 5.11 Å². The third-order valence-corrected chi connectivity index (χ3v) is 4.88. The predicted molar refractivity (Wildman–Crippen MR) is 80.2 cm³/mol. The summed E-state index contributed by atoms with van der Waals surface area (Å²) in [5, 5.41) is 8.87. The van der Waals surface area contributed by atoms with Gasteiger partial charge in [-0.25, -0.2) is 4.79 Å². The second kappa shape index (κ2) is 10.6. The van der Waals surface area contributed by atoms with Gasteiger partial charge in [0.15, 0.2) is 0 Å². The Morgan fingerprint density at radius 3 is 2.47 bits per heavy atom. The Morgan fingerprint density at radius 2 is 1.89 bits per heavy atom. The average Bonchev–Trinajstić information content (AvgIpc) is 2.44. The molecule has 1 heterocycles. The van der Waals surface area contributed by atoms with Gasteiger partial charge < -0.3 is 14.7 Å². The SMILES string of the molecule is COC(=O)NSSCCCN1CCN(CCO)CC1. The van der Waals surface area contributed by atoms with Crippen molar-refractivity contribution in [2.45, 2.75) is 6.42 Å². The number of aliphatic hydroxyl groups excluding tert-OH is 1. The number of carbonyl (C=O) groups excluding carboxylic acids is 1. The number of amides is 1. The highest BCUT2D eigenvalue weighted by Gasteiger charge is 2.15. The van der Waals surface area contributed by atoms with E-state index in [1.807, 2.05) is 0 Å². The lowest BCUT2D eigenvalue weighted by atomic mass is 10.3. The summed E-state index contributed by atoms with van der Waals surface area (Å²) in [6.07, 6.45) is 0.707. The summed E-state index contributed by atoms with van der Waals surface area (Å²) in [4.78, 5) is 15.5. The van der Waals surface area contributed by atoms with Crippen molar-refractivity contribution in [3.63, 3.8) is 0 Å². The van der Waals surface area contributed by atoms with Crippen LogP contribution in [0.15, 0.2) is 0 Å². The largest absolute Gasteiger partial charge is 0.452 e. The minimum atomic E-state index is -0.405. The van der Waals surface area contributed by atoms with Crippen LogP contribution in [0.5, 0.6) is 0 Å². The van der Waals surface area contributed by atoms with E-state index in [1.54, 1.807) is 10.8 Å². The Hall–Kier alpha value is -0.150. The van der Waals surface area contributed by atoms with E-state index >= 15 is 0 Å². The number of hydrogen-bond donors (Lipinski definition) is 2. The van der Waals surface area contributed by atoms with E-state index in [9.17, 15) is 4.79 Å². The maximum atomic E-state index is 10.8. The van der Waals surface area contributed by atoms with Gasteiger partial charge in [0, 0.05) is 49.5 Å². The lowest BCUT2D eigenvalue weighted by molar-refractivity contribution is 0.113. The first-order chi connectivity index (χ1) is 9.26. The number of hydrogen-bond acceptors (Lipinski definition) is 7. The molecule has 19 heavy (non-hydrogen) atoms. The molecule has 0 aromatic rings. The van der Waals surface area contributed by atoms with Crippen LogP contribution >= 0.6 is 21.8 Å². The Bertz CT molecular complexity index is 251. The minimum Gasteiger partial charge on any atom is -0.452 e. The number of ether oxygens (including phenoxy) is 1. The van der Waals surface area contributed by atoms with Gasteiger partial charge in [0.1, 0.15) is 0 Å². The molecule has 112 valence electrons. The number of methoxy groups -OCH3 is 1. The van der Waals surface area contributed by atoms with Crippen LogP contribution in [0.2, 0.25) is 0 Å². The van der Waals surface area contributed by atoms with Crippen molar-refractivity contribution in [2.75, 3.05) is 58.7 Å². The first-order valence-electron chi connectivity index (χ1n) is 6.44. The monoisotopic (exact) mass is 309 g/mol. The van der Waals surface area contributed by atoms with Gasteiger partial charge in [-0.1, -0.05) is 10.8 Å². The standard InChI is InChI=1S/C11H23N3O3S2/c1-17-11(16)12-19-18-10-2-3-13-4-6-14(7-5-13)8-9-15/h15H,2-10H2,1H3,(H,12,16). The maximum Gasteiger partial charge on any atom is 0.417 e. The number of nitrogens with one attached hydrogen (secondary N) is 1. The highest BCUT2D eigenvalue weighted by molar-refractivity contribution is 8.76. The summed E-state index contributed by atoms with van der Waals surface area (Å²) in [5.74, 6) is 1.01. The topological polar surface area (TPSA) is 65.0 Å². The molecule has 1 aliphatic rings. The van der Waals surface area contributed by atoms with Gasteiger partial charge in [-0.15, -0.1) is 0 Å². The number of piperazine rings is 1. The van der Waals surface area contributed by atoms with E-state index in [0.29, 0.717) is 0 Å². The molecule has 1 rings (SSSR count). The molecule has 1 aliphatic heterocycles. The van der Waals surface area contributed by atoms with Gasteiger partial charge in [-0.05, 0) is 13.0 Å². The van der Waals surface area contributed by atoms with Gasteiger partial charge in [-0.3, -0.25) is 9.62 Å². The van der Waals surface area contributed by atoms with Crippen molar-refractivity contribution >= 4 is 27.9 Å². The molecule has 1 amide bonds. The molecule has 8 heteroatoms. The molecule has 0 aliphatic carbocycles. The highest BCUT2D eigenvalue weighted by Crippen LogP contribution is 2.18. The third kappa shape index (κ3) is 7.88. The Morgan fingerprint density at radius 1 is 1.26 bits per heavy atom. The van der Waals surface area contributed by atoms with Crippen LogP contribution in [-0.4, -0.2) is 79.7 Å². The second-order valence-electron chi connectivity index (χ2n) is 4.26. The molecule has 0 aromatic carbocycles. The molecule has 0 unspecified atom stereocenters. The van der Waals surface area contributed by atoms with Crippen LogP contribution in [-0.2, 0) is 4.74 Å².